The van der Waals surface area contributed by atoms with Crippen LogP contribution in [0.5, 0.6) is 0 Å². The summed E-state index contributed by atoms with van der Waals surface area (Å²) in [7, 11) is 2.58. The van der Waals surface area contributed by atoms with Gasteiger partial charge in [-0.1, -0.05) is 54.6 Å². The molecule has 1 aliphatic heterocycles. The molecule has 3 aromatic rings. The highest BCUT2D eigenvalue weighted by Gasteiger charge is 2.55. The predicted octanol–water partition coefficient (Wildman–Crippen LogP) is 3.86. The molecule has 174 valence electrons. The minimum atomic E-state index is -1.55. The summed E-state index contributed by atoms with van der Waals surface area (Å²) in [5.74, 6) is -1.89. The van der Waals surface area contributed by atoms with E-state index in [4.69, 9.17) is 14.2 Å². The number of carbonyl (C=O) groups is 3. The Hall–Kier alpha value is -3.81. The third kappa shape index (κ3) is 4.11. The zero-order valence-corrected chi connectivity index (χ0v) is 18.8. The maximum atomic E-state index is 14.1. The van der Waals surface area contributed by atoms with Crippen molar-refractivity contribution in [3.8, 4) is 0 Å². The highest BCUT2D eigenvalue weighted by molar-refractivity contribution is 6.05. The van der Waals surface area contributed by atoms with Crippen molar-refractivity contribution in [2.24, 2.45) is 0 Å². The fourth-order valence-electron chi connectivity index (χ4n) is 4.44. The SMILES string of the molecule is COC(=O)c1ccc(C(=O)C2(c3ccc(C(=O)OC)cc3)O[C@@H](O)C[C@@H]2c2ccccc2)cc1. The van der Waals surface area contributed by atoms with E-state index < -0.39 is 29.7 Å². The van der Waals surface area contributed by atoms with Crippen molar-refractivity contribution >= 4 is 17.7 Å². The minimum Gasteiger partial charge on any atom is -0.465 e. The number of hydrogen-bond acceptors (Lipinski definition) is 7. The average Bonchev–Trinajstić information content (AvgIpc) is 3.26. The van der Waals surface area contributed by atoms with Crippen LogP contribution in [0.3, 0.4) is 0 Å². The molecule has 1 heterocycles. The van der Waals surface area contributed by atoms with E-state index in [1.165, 1.54) is 38.5 Å². The number of methoxy groups -OCH3 is 2. The molecular formula is C27H24O7. The van der Waals surface area contributed by atoms with E-state index >= 15 is 0 Å². The van der Waals surface area contributed by atoms with Crippen molar-refractivity contribution in [1.82, 2.24) is 0 Å². The Bertz CT molecular complexity index is 1190. The second-order valence-electron chi connectivity index (χ2n) is 7.97. The first kappa shape index (κ1) is 23.4. The van der Waals surface area contributed by atoms with Crippen LogP contribution < -0.4 is 0 Å². The Morgan fingerprint density at radius 1 is 0.794 bits per heavy atom. The number of hydrogen-bond donors (Lipinski definition) is 1. The third-order valence-corrected chi connectivity index (χ3v) is 6.09. The van der Waals surface area contributed by atoms with Gasteiger partial charge < -0.3 is 19.3 Å². The second-order valence-corrected chi connectivity index (χ2v) is 7.97. The van der Waals surface area contributed by atoms with Crippen molar-refractivity contribution in [3.63, 3.8) is 0 Å². The van der Waals surface area contributed by atoms with E-state index in [0.29, 0.717) is 22.3 Å². The largest absolute Gasteiger partial charge is 0.465 e. The molecule has 7 nitrogen and oxygen atoms in total. The van der Waals surface area contributed by atoms with Crippen molar-refractivity contribution < 1.29 is 33.7 Å². The molecule has 1 N–H and O–H groups in total. The highest BCUT2D eigenvalue weighted by Crippen LogP contribution is 2.51. The molecule has 0 radical (unpaired) electrons. The number of benzene rings is 3. The quantitative estimate of drug-likeness (QED) is 0.440. The number of Topliss-reactive ketones (excluding diaryl/α,β-unsaturated/α-hetero) is 1. The monoisotopic (exact) mass is 460 g/mol. The van der Waals surface area contributed by atoms with Gasteiger partial charge in [0.05, 0.1) is 25.3 Å². The van der Waals surface area contributed by atoms with Crippen molar-refractivity contribution in [2.75, 3.05) is 14.2 Å². The van der Waals surface area contributed by atoms with Crippen LogP contribution in [-0.2, 0) is 19.8 Å². The van der Waals surface area contributed by atoms with Crippen molar-refractivity contribution in [2.45, 2.75) is 24.2 Å². The minimum absolute atomic E-state index is 0.203. The van der Waals surface area contributed by atoms with Gasteiger partial charge >= 0.3 is 11.9 Å². The number of carbonyl (C=O) groups excluding carboxylic acids is 3. The summed E-state index contributed by atoms with van der Waals surface area (Å²) in [6, 6.07) is 21.9. The van der Waals surface area contributed by atoms with Crippen LogP contribution in [0.4, 0.5) is 0 Å². The van der Waals surface area contributed by atoms with Crippen LogP contribution in [0.15, 0.2) is 78.9 Å². The van der Waals surface area contributed by atoms with Crippen LogP contribution in [0.2, 0.25) is 0 Å². The number of ether oxygens (including phenoxy) is 3. The number of aliphatic hydroxyl groups excluding tert-OH is 1. The molecule has 0 bridgehead atoms. The molecule has 34 heavy (non-hydrogen) atoms. The lowest BCUT2D eigenvalue weighted by Crippen LogP contribution is -2.41. The zero-order chi connectivity index (χ0) is 24.3. The van der Waals surface area contributed by atoms with Gasteiger partial charge in [0.1, 0.15) is 0 Å². The van der Waals surface area contributed by atoms with Crippen LogP contribution in [0.25, 0.3) is 0 Å². The maximum Gasteiger partial charge on any atom is 0.337 e. The molecular weight excluding hydrogens is 436 g/mol. The number of ketones is 1. The summed E-state index contributed by atoms with van der Waals surface area (Å²) in [5.41, 5.74) is 0.707. The zero-order valence-electron chi connectivity index (χ0n) is 18.8. The van der Waals surface area contributed by atoms with Gasteiger partial charge in [-0.05, 0) is 35.4 Å². The highest BCUT2D eigenvalue weighted by atomic mass is 16.6. The molecule has 4 rings (SSSR count). The average molecular weight is 460 g/mol. The summed E-state index contributed by atoms with van der Waals surface area (Å²) >= 11 is 0. The lowest BCUT2D eigenvalue weighted by atomic mass is 9.73. The smallest absolute Gasteiger partial charge is 0.337 e. The van der Waals surface area contributed by atoms with E-state index in [2.05, 4.69) is 0 Å². The maximum absolute atomic E-state index is 14.1. The Balaban J connectivity index is 1.85. The Morgan fingerprint density at radius 3 is 1.82 bits per heavy atom. The summed E-state index contributed by atoms with van der Waals surface area (Å²) < 4.78 is 15.6. The van der Waals surface area contributed by atoms with Gasteiger partial charge in [0.25, 0.3) is 0 Å². The van der Waals surface area contributed by atoms with Crippen LogP contribution in [0.1, 0.15) is 54.5 Å². The van der Waals surface area contributed by atoms with Crippen molar-refractivity contribution in [3.05, 3.63) is 107 Å². The third-order valence-electron chi connectivity index (χ3n) is 6.09. The summed E-state index contributed by atoms with van der Waals surface area (Å²) in [5, 5.41) is 10.6. The summed E-state index contributed by atoms with van der Waals surface area (Å²) in [4.78, 5) is 37.8. The van der Waals surface area contributed by atoms with Crippen LogP contribution in [-0.4, -0.2) is 43.3 Å². The second kappa shape index (κ2) is 9.59. The van der Waals surface area contributed by atoms with Gasteiger partial charge in [0.15, 0.2) is 17.7 Å². The fraction of sp³-hybridized carbons (Fsp3) is 0.222. The summed E-state index contributed by atoms with van der Waals surface area (Å²) in [6.45, 7) is 0. The van der Waals surface area contributed by atoms with E-state index in [0.717, 1.165) is 5.56 Å². The normalized spacial score (nSPS) is 21.6. The molecule has 3 atom stereocenters. The van der Waals surface area contributed by atoms with Gasteiger partial charge in [0.2, 0.25) is 0 Å². The molecule has 0 aliphatic carbocycles. The van der Waals surface area contributed by atoms with E-state index in [-0.39, 0.29) is 12.2 Å². The standard InChI is InChI=1S/C27H24O7/c1-32-25(30)19-10-8-18(9-11-19)24(29)27(21-14-12-20(13-15-21)26(31)33-2)22(16-23(28)34-27)17-6-4-3-5-7-17/h3-15,22-23,28H,16H2,1-2H3/t22-,23-,27?/m1/s1. The topological polar surface area (TPSA) is 99.1 Å². The van der Waals surface area contributed by atoms with Gasteiger partial charge in [0, 0.05) is 17.9 Å². The van der Waals surface area contributed by atoms with Crippen molar-refractivity contribution in [1.29, 1.82) is 0 Å². The molecule has 0 aromatic heterocycles. The molecule has 3 aromatic carbocycles. The Kier molecular flexibility index (Phi) is 6.58. The number of esters is 2. The fourth-order valence-corrected chi connectivity index (χ4v) is 4.44. The Morgan fingerprint density at radius 2 is 1.29 bits per heavy atom. The molecule has 0 spiro atoms. The van der Waals surface area contributed by atoms with Crippen LogP contribution in [0, 0.1) is 0 Å². The first-order valence-electron chi connectivity index (χ1n) is 10.7. The van der Waals surface area contributed by atoms with E-state index in [1.807, 2.05) is 30.3 Å². The molecule has 1 unspecified atom stereocenters. The number of aliphatic hydroxyl groups is 1. The molecule has 7 heteroatoms. The molecule has 0 saturated carbocycles. The van der Waals surface area contributed by atoms with Gasteiger partial charge in [-0.15, -0.1) is 0 Å². The van der Waals surface area contributed by atoms with Gasteiger partial charge in [-0.2, -0.15) is 0 Å². The predicted molar refractivity (Wildman–Crippen MR) is 122 cm³/mol. The number of rotatable bonds is 6. The van der Waals surface area contributed by atoms with Crippen LogP contribution >= 0.6 is 0 Å². The molecule has 1 aliphatic rings. The first-order chi connectivity index (χ1) is 16.4. The Labute approximate surface area is 196 Å². The van der Waals surface area contributed by atoms with Gasteiger partial charge in [-0.3, -0.25) is 4.79 Å². The first-order valence-corrected chi connectivity index (χ1v) is 10.7. The lowest BCUT2D eigenvalue weighted by Gasteiger charge is -2.34. The van der Waals surface area contributed by atoms with Gasteiger partial charge in [-0.25, -0.2) is 9.59 Å². The molecule has 1 fully saturated rings. The molecule has 1 saturated heterocycles. The van der Waals surface area contributed by atoms with E-state index in [1.54, 1.807) is 24.3 Å². The molecule has 0 amide bonds. The van der Waals surface area contributed by atoms with E-state index in [9.17, 15) is 19.5 Å². The lowest BCUT2D eigenvalue weighted by molar-refractivity contribution is -0.125. The summed E-state index contributed by atoms with van der Waals surface area (Å²) in [6.07, 6.45) is -0.974.